The van der Waals surface area contributed by atoms with E-state index in [1.165, 1.54) is 0 Å². The fourth-order valence-corrected chi connectivity index (χ4v) is 3.71. The van der Waals surface area contributed by atoms with Gasteiger partial charge in [0.2, 0.25) is 0 Å². The van der Waals surface area contributed by atoms with E-state index in [1.807, 2.05) is 32.9 Å². The molecule has 23 heavy (non-hydrogen) atoms. The van der Waals surface area contributed by atoms with Crippen LogP contribution in [0, 0.1) is 17.2 Å². The number of fused-ring (bicyclic) bond motifs is 2. The average molecular weight is 314 g/mol. The van der Waals surface area contributed by atoms with Gasteiger partial charge in [0.25, 0.3) is 0 Å². The standard InChI is InChI=1S/C18H22N2O3/c1-17(2,3)23-16(21)20-11-14-8-15(20)9-18(14,22)13-6-4-12(10-19)5-7-13/h4-7,14-15,22H,8-9,11H2,1-3H3. The Morgan fingerprint density at radius 1 is 1.39 bits per heavy atom. The summed E-state index contributed by atoms with van der Waals surface area (Å²) in [6, 6.07) is 9.18. The Hall–Kier alpha value is -2.06. The van der Waals surface area contributed by atoms with E-state index >= 15 is 0 Å². The van der Waals surface area contributed by atoms with Crippen molar-refractivity contribution >= 4 is 6.09 Å². The van der Waals surface area contributed by atoms with Crippen molar-refractivity contribution in [1.82, 2.24) is 4.90 Å². The Balaban J connectivity index is 1.74. The highest BCUT2D eigenvalue weighted by atomic mass is 16.6. The molecule has 0 aromatic heterocycles. The van der Waals surface area contributed by atoms with Crippen molar-refractivity contribution in [3.63, 3.8) is 0 Å². The molecule has 3 unspecified atom stereocenters. The van der Waals surface area contributed by atoms with E-state index in [9.17, 15) is 9.90 Å². The molecule has 5 nitrogen and oxygen atoms in total. The molecule has 1 aromatic carbocycles. The normalized spacial score (nSPS) is 29.4. The van der Waals surface area contributed by atoms with Gasteiger partial charge in [-0.25, -0.2) is 4.79 Å². The predicted molar refractivity (Wildman–Crippen MR) is 84.5 cm³/mol. The van der Waals surface area contributed by atoms with Crippen LogP contribution in [-0.2, 0) is 10.3 Å². The van der Waals surface area contributed by atoms with Gasteiger partial charge >= 0.3 is 6.09 Å². The summed E-state index contributed by atoms with van der Waals surface area (Å²) < 4.78 is 5.45. The van der Waals surface area contributed by atoms with Crippen LogP contribution in [0.5, 0.6) is 0 Å². The van der Waals surface area contributed by atoms with Gasteiger partial charge in [0.05, 0.1) is 17.2 Å². The van der Waals surface area contributed by atoms with Crippen LogP contribution in [-0.4, -0.2) is 34.3 Å². The highest BCUT2D eigenvalue weighted by molar-refractivity contribution is 5.69. The lowest BCUT2D eigenvalue weighted by molar-refractivity contribution is -0.0439. The first-order chi connectivity index (χ1) is 10.7. The summed E-state index contributed by atoms with van der Waals surface area (Å²) in [6.45, 7) is 6.07. The molecular weight excluding hydrogens is 292 g/mol. The number of carbonyl (C=O) groups is 1. The second kappa shape index (κ2) is 5.24. The SMILES string of the molecule is CC(C)(C)OC(=O)N1CC2CC1CC2(O)c1ccc(C#N)cc1. The maximum atomic E-state index is 12.3. The lowest BCUT2D eigenvalue weighted by atomic mass is 9.82. The summed E-state index contributed by atoms with van der Waals surface area (Å²) in [5.74, 6) is 0.00736. The van der Waals surface area contributed by atoms with E-state index in [0.29, 0.717) is 18.5 Å². The van der Waals surface area contributed by atoms with E-state index in [1.54, 1.807) is 17.0 Å². The average Bonchev–Trinajstić information content (AvgIpc) is 3.03. The number of carbonyl (C=O) groups excluding carboxylic acids is 1. The zero-order chi connectivity index (χ0) is 16.8. The Kier molecular flexibility index (Phi) is 3.61. The summed E-state index contributed by atoms with van der Waals surface area (Å²) in [6.07, 6.45) is 1.00. The molecule has 3 atom stereocenters. The fourth-order valence-electron chi connectivity index (χ4n) is 3.71. The predicted octanol–water partition coefficient (Wildman–Crippen LogP) is 2.78. The Labute approximate surface area is 136 Å². The van der Waals surface area contributed by atoms with E-state index < -0.39 is 11.2 Å². The van der Waals surface area contributed by atoms with Crippen molar-refractivity contribution < 1.29 is 14.6 Å². The van der Waals surface area contributed by atoms with Crippen LogP contribution in [0.1, 0.15) is 44.7 Å². The maximum Gasteiger partial charge on any atom is 0.410 e. The molecule has 1 amide bonds. The number of aliphatic hydroxyl groups is 1. The summed E-state index contributed by atoms with van der Waals surface area (Å²) in [5.41, 5.74) is -0.0248. The molecule has 2 fully saturated rings. The van der Waals surface area contributed by atoms with Crippen LogP contribution >= 0.6 is 0 Å². The van der Waals surface area contributed by atoms with Gasteiger partial charge in [-0.15, -0.1) is 0 Å². The first kappa shape index (κ1) is 15.8. The summed E-state index contributed by atoms with van der Waals surface area (Å²) in [7, 11) is 0. The van der Waals surface area contributed by atoms with Gasteiger partial charge in [-0.3, -0.25) is 0 Å². The lowest BCUT2D eigenvalue weighted by Gasteiger charge is -2.38. The molecule has 1 saturated carbocycles. The highest BCUT2D eigenvalue weighted by Crippen LogP contribution is 2.50. The second-order valence-corrected chi connectivity index (χ2v) is 7.54. The van der Waals surface area contributed by atoms with Gasteiger partial charge in [-0.2, -0.15) is 5.26 Å². The van der Waals surface area contributed by atoms with Crippen molar-refractivity contribution in [3.8, 4) is 6.07 Å². The van der Waals surface area contributed by atoms with Crippen LogP contribution in [0.2, 0.25) is 0 Å². The molecule has 1 heterocycles. The number of piperidine rings is 1. The number of amides is 1. The van der Waals surface area contributed by atoms with E-state index in [-0.39, 0.29) is 18.1 Å². The van der Waals surface area contributed by atoms with Gasteiger partial charge < -0.3 is 14.7 Å². The third-order valence-corrected chi connectivity index (χ3v) is 4.78. The minimum absolute atomic E-state index is 0.00736. The van der Waals surface area contributed by atoms with Crippen molar-refractivity contribution in [2.75, 3.05) is 6.54 Å². The zero-order valence-corrected chi connectivity index (χ0v) is 13.7. The number of hydrogen-bond donors (Lipinski definition) is 1. The number of nitriles is 1. The number of ether oxygens (including phenoxy) is 1. The molecule has 1 aromatic rings. The van der Waals surface area contributed by atoms with Crippen LogP contribution in [0.4, 0.5) is 4.79 Å². The first-order valence-electron chi connectivity index (χ1n) is 7.95. The highest BCUT2D eigenvalue weighted by Gasteiger charge is 2.56. The molecule has 3 rings (SSSR count). The molecule has 0 radical (unpaired) electrons. The minimum atomic E-state index is -0.919. The number of rotatable bonds is 1. The van der Waals surface area contributed by atoms with Gasteiger partial charge in [0.15, 0.2) is 0 Å². The molecular formula is C18H22N2O3. The number of likely N-dealkylation sites (tertiary alicyclic amines) is 1. The molecule has 5 heteroatoms. The number of benzene rings is 1. The summed E-state index contributed by atoms with van der Waals surface area (Å²) >= 11 is 0. The first-order valence-corrected chi connectivity index (χ1v) is 7.95. The Bertz CT molecular complexity index is 656. The van der Waals surface area contributed by atoms with Crippen LogP contribution in [0.15, 0.2) is 24.3 Å². The topological polar surface area (TPSA) is 73.6 Å². The Morgan fingerprint density at radius 2 is 2.04 bits per heavy atom. The van der Waals surface area contributed by atoms with E-state index in [4.69, 9.17) is 10.00 Å². The van der Waals surface area contributed by atoms with E-state index in [0.717, 1.165) is 12.0 Å². The third kappa shape index (κ3) is 2.79. The molecule has 1 N–H and O–H groups in total. The maximum absolute atomic E-state index is 12.3. The van der Waals surface area contributed by atoms with Gasteiger partial charge in [-0.05, 0) is 44.9 Å². The summed E-state index contributed by atoms with van der Waals surface area (Å²) in [5, 5.41) is 20.0. The smallest absolute Gasteiger partial charge is 0.410 e. The van der Waals surface area contributed by atoms with Crippen LogP contribution in [0.3, 0.4) is 0 Å². The molecule has 1 saturated heterocycles. The number of hydrogen-bond acceptors (Lipinski definition) is 4. The minimum Gasteiger partial charge on any atom is -0.444 e. The summed E-state index contributed by atoms with van der Waals surface area (Å²) in [4.78, 5) is 14.0. The molecule has 0 spiro atoms. The third-order valence-electron chi connectivity index (χ3n) is 4.78. The van der Waals surface area contributed by atoms with Crippen LogP contribution in [0.25, 0.3) is 0 Å². The van der Waals surface area contributed by atoms with Crippen molar-refractivity contribution in [2.24, 2.45) is 5.92 Å². The van der Waals surface area contributed by atoms with Gasteiger partial charge in [0.1, 0.15) is 5.60 Å². The molecule has 122 valence electrons. The van der Waals surface area contributed by atoms with Crippen LogP contribution < -0.4 is 0 Å². The quantitative estimate of drug-likeness (QED) is 0.865. The van der Waals surface area contributed by atoms with E-state index in [2.05, 4.69) is 6.07 Å². The van der Waals surface area contributed by atoms with Gasteiger partial charge in [-0.1, -0.05) is 12.1 Å². The monoisotopic (exact) mass is 314 g/mol. The number of nitrogens with zero attached hydrogens (tertiary/aromatic N) is 2. The zero-order valence-electron chi connectivity index (χ0n) is 13.7. The van der Waals surface area contributed by atoms with Crippen molar-refractivity contribution in [2.45, 2.75) is 50.9 Å². The molecule has 1 aliphatic heterocycles. The lowest BCUT2D eigenvalue weighted by Crippen LogP contribution is -2.48. The fraction of sp³-hybridized carbons (Fsp3) is 0.556. The van der Waals surface area contributed by atoms with Crippen molar-refractivity contribution in [3.05, 3.63) is 35.4 Å². The van der Waals surface area contributed by atoms with Crippen molar-refractivity contribution in [1.29, 1.82) is 5.26 Å². The molecule has 2 bridgehead atoms. The molecule has 2 aliphatic rings. The second-order valence-electron chi connectivity index (χ2n) is 7.54. The van der Waals surface area contributed by atoms with Gasteiger partial charge in [0, 0.05) is 24.9 Å². The Morgan fingerprint density at radius 3 is 2.52 bits per heavy atom. The molecule has 1 aliphatic carbocycles. The largest absolute Gasteiger partial charge is 0.444 e.